The summed E-state index contributed by atoms with van der Waals surface area (Å²) in [5, 5.41) is 14.2. The van der Waals surface area contributed by atoms with E-state index in [-0.39, 0.29) is 5.54 Å². The van der Waals surface area contributed by atoms with Crippen LogP contribution in [0.25, 0.3) is 0 Å². The van der Waals surface area contributed by atoms with Crippen LogP contribution < -0.4 is 10.2 Å². The maximum Gasteiger partial charge on any atom is 0.0765 e. The lowest BCUT2D eigenvalue weighted by molar-refractivity contribution is 0.0886. The molecule has 0 fully saturated rings. The molecule has 0 aliphatic heterocycles. The van der Waals surface area contributed by atoms with Crippen LogP contribution in [0.5, 0.6) is 0 Å². The second kappa shape index (κ2) is 6.33. The lowest BCUT2D eigenvalue weighted by Gasteiger charge is -2.30. The van der Waals surface area contributed by atoms with Crippen molar-refractivity contribution < 1.29 is 5.11 Å². The van der Waals surface area contributed by atoms with Gasteiger partial charge in [0.15, 0.2) is 0 Å². The van der Waals surface area contributed by atoms with Crippen LogP contribution >= 0.6 is 11.6 Å². The number of aliphatic hydroxyl groups is 1. The minimum Gasteiger partial charge on any atom is -0.389 e. The van der Waals surface area contributed by atoms with Gasteiger partial charge in [-0.3, -0.25) is 0 Å². The number of hydrogen-bond acceptors (Lipinski definition) is 3. The van der Waals surface area contributed by atoms with Crippen LogP contribution in [0.1, 0.15) is 40.2 Å². The maximum absolute atomic E-state index is 9.97. The number of anilines is 1. The molecule has 0 saturated carbocycles. The van der Waals surface area contributed by atoms with E-state index in [1.807, 2.05) is 39.1 Å². The number of halogens is 1. The van der Waals surface area contributed by atoms with Gasteiger partial charge in [-0.25, -0.2) is 0 Å². The van der Waals surface area contributed by atoms with Gasteiger partial charge in [0.25, 0.3) is 0 Å². The van der Waals surface area contributed by atoms with Gasteiger partial charge >= 0.3 is 0 Å². The zero-order valence-corrected chi connectivity index (χ0v) is 14.2. The van der Waals surface area contributed by atoms with E-state index in [1.165, 1.54) is 0 Å². The van der Waals surface area contributed by atoms with Crippen LogP contribution in [0.15, 0.2) is 18.2 Å². The maximum atomic E-state index is 9.97. The molecule has 0 aliphatic rings. The van der Waals surface area contributed by atoms with E-state index in [1.54, 1.807) is 0 Å². The number of benzene rings is 1. The molecule has 1 aromatic rings. The molecule has 3 nitrogen and oxygen atoms in total. The molecule has 1 rings (SSSR count). The highest BCUT2D eigenvalue weighted by molar-refractivity contribution is 6.30. The van der Waals surface area contributed by atoms with Gasteiger partial charge in [-0.2, -0.15) is 0 Å². The van der Waals surface area contributed by atoms with E-state index in [4.69, 9.17) is 11.6 Å². The van der Waals surface area contributed by atoms with E-state index in [2.05, 4.69) is 31.0 Å². The fourth-order valence-corrected chi connectivity index (χ4v) is 2.29. The van der Waals surface area contributed by atoms with Crippen molar-refractivity contribution in [1.82, 2.24) is 5.32 Å². The fourth-order valence-electron chi connectivity index (χ4n) is 2.09. The largest absolute Gasteiger partial charge is 0.389 e. The first-order valence-corrected chi connectivity index (χ1v) is 7.33. The molecular formula is C16H27ClN2O. The van der Waals surface area contributed by atoms with Gasteiger partial charge in [-0.05, 0) is 58.4 Å². The SMILES string of the molecule is CN(CC(C)(C)O)c1ccc(Cl)cc1CNC(C)(C)C. The Hall–Kier alpha value is -0.770. The Morgan fingerprint density at radius 3 is 2.30 bits per heavy atom. The van der Waals surface area contributed by atoms with Gasteiger partial charge in [-0.1, -0.05) is 11.6 Å². The molecule has 0 aliphatic carbocycles. The normalized spacial score (nSPS) is 12.6. The van der Waals surface area contributed by atoms with Crippen molar-refractivity contribution in [2.75, 3.05) is 18.5 Å². The van der Waals surface area contributed by atoms with E-state index < -0.39 is 5.60 Å². The van der Waals surface area contributed by atoms with E-state index >= 15 is 0 Å². The van der Waals surface area contributed by atoms with E-state index in [0.717, 1.165) is 22.8 Å². The molecule has 0 atom stereocenters. The number of nitrogens with one attached hydrogen (secondary N) is 1. The fraction of sp³-hybridized carbons (Fsp3) is 0.625. The van der Waals surface area contributed by atoms with Crippen molar-refractivity contribution in [3.8, 4) is 0 Å². The summed E-state index contributed by atoms with van der Waals surface area (Å²) in [5.41, 5.74) is 1.55. The molecule has 0 bridgehead atoms. The van der Waals surface area contributed by atoms with Crippen molar-refractivity contribution in [2.24, 2.45) is 0 Å². The minimum atomic E-state index is -0.733. The zero-order valence-electron chi connectivity index (χ0n) is 13.4. The first-order valence-electron chi connectivity index (χ1n) is 6.95. The van der Waals surface area contributed by atoms with Crippen LogP contribution in [-0.4, -0.2) is 29.8 Å². The number of nitrogens with zero attached hydrogens (tertiary/aromatic N) is 1. The van der Waals surface area contributed by atoms with Crippen LogP contribution in [-0.2, 0) is 6.54 Å². The standard InChI is InChI=1S/C16H27ClN2O/c1-15(2,3)18-10-12-9-13(17)7-8-14(12)19(6)11-16(4,5)20/h7-9,18,20H,10-11H2,1-6H3. The van der Waals surface area contributed by atoms with Crippen LogP contribution in [0.4, 0.5) is 5.69 Å². The number of likely N-dealkylation sites (N-methyl/N-ethyl adjacent to an activating group) is 1. The zero-order chi connectivity index (χ0) is 15.6. The van der Waals surface area contributed by atoms with Gasteiger partial charge < -0.3 is 15.3 Å². The molecule has 20 heavy (non-hydrogen) atoms. The number of rotatable bonds is 5. The average Bonchev–Trinajstić information content (AvgIpc) is 2.22. The predicted molar refractivity (Wildman–Crippen MR) is 87.6 cm³/mol. The third-order valence-electron chi connectivity index (χ3n) is 2.89. The van der Waals surface area contributed by atoms with Gasteiger partial charge in [0.05, 0.1) is 5.60 Å². The third-order valence-corrected chi connectivity index (χ3v) is 3.12. The second-order valence-corrected chi connectivity index (χ2v) is 7.48. The first-order chi connectivity index (χ1) is 8.98. The molecule has 0 aromatic heterocycles. The predicted octanol–water partition coefficient (Wildman–Crippen LogP) is 3.44. The quantitative estimate of drug-likeness (QED) is 0.874. The lowest BCUT2D eigenvalue weighted by Crippen LogP contribution is -2.38. The smallest absolute Gasteiger partial charge is 0.0765 e. The van der Waals surface area contributed by atoms with Crippen molar-refractivity contribution in [1.29, 1.82) is 0 Å². The Morgan fingerprint density at radius 1 is 1.20 bits per heavy atom. The summed E-state index contributed by atoms with van der Waals surface area (Å²) in [5.74, 6) is 0. The lowest BCUT2D eigenvalue weighted by atomic mass is 10.1. The second-order valence-electron chi connectivity index (χ2n) is 7.05. The van der Waals surface area contributed by atoms with E-state index in [9.17, 15) is 5.11 Å². The summed E-state index contributed by atoms with van der Waals surface area (Å²) in [7, 11) is 1.99. The Kier molecular flexibility index (Phi) is 5.47. The number of hydrogen-bond donors (Lipinski definition) is 2. The molecule has 1 aromatic carbocycles. The molecule has 0 radical (unpaired) electrons. The molecule has 2 N–H and O–H groups in total. The molecule has 0 saturated heterocycles. The monoisotopic (exact) mass is 298 g/mol. The van der Waals surface area contributed by atoms with Crippen LogP contribution in [0.2, 0.25) is 5.02 Å². The van der Waals surface area contributed by atoms with Gasteiger partial charge in [0, 0.05) is 36.4 Å². The topological polar surface area (TPSA) is 35.5 Å². The summed E-state index contributed by atoms with van der Waals surface area (Å²) in [4.78, 5) is 2.07. The Bertz CT molecular complexity index is 447. The van der Waals surface area contributed by atoms with Crippen molar-refractivity contribution in [3.05, 3.63) is 28.8 Å². The molecule has 0 heterocycles. The Balaban J connectivity index is 2.95. The molecule has 0 amide bonds. The van der Waals surface area contributed by atoms with Crippen LogP contribution in [0, 0.1) is 0 Å². The van der Waals surface area contributed by atoms with Crippen molar-refractivity contribution in [3.63, 3.8) is 0 Å². The summed E-state index contributed by atoms with van der Waals surface area (Å²) in [6.45, 7) is 11.3. The summed E-state index contributed by atoms with van der Waals surface area (Å²) in [6.07, 6.45) is 0. The summed E-state index contributed by atoms with van der Waals surface area (Å²) in [6, 6.07) is 5.88. The van der Waals surface area contributed by atoms with Gasteiger partial charge in [0.2, 0.25) is 0 Å². The molecular weight excluding hydrogens is 272 g/mol. The molecule has 0 unspecified atom stereocenters. The van der Waals surface area contributed by atoms with Gasteiger partial charge in [0.1, 0.15) is 0 Å². The van der Waals surface area contributed by atoms with E-state index in [0.29, 0.717) is 6.54 Å². The van der Waals surface area contributed by atoms with Gasteiger partial charge in [-0.15, -0.1) is 0 Å². The van der Waals surface area contributed by atoms with Crippen LogP contribution in [0.3, 0.4) is 0 Å². The first kappa shape index (κ1) is 17.3. The average molecular weight is 299 g/mol. The highest BCUT2D eigenvalue weighted by Crippen LogP contribution is 2.25. The Morgan fingerprint density at radius 2 is 1.80 bits per heavy atom. The van der Waals surface area contributed by atoms with Crippen molar-refractivity contribution in [2.45, 2.75) is 52.3 Å². The Labute approximate surface area is 127 Å². The minimum absolute atomic E-state index is 0.0500. The molecule has 0 spiro atoms. The molecule has 4 heteroatoms. The summed E-state index contributed by atoms with van der Waals surface area (Å²) >= 11 is 6.11. The highest BCUT2D eigenvalue weighted by Gasteiger charge is 2.18. The molecule has 114 valence electrons. The summed E-state index contributed by atoms with van der Waals surface area (Å²) < 4.78 is 0. The van der Waals surface area contributed by atoms with Crippen molar-refractivity contribution >= 4 is 17.3 Å². The third kappa shape index (κ3) is 6.12. The highest BCUT2D eigenvalue weighted by atomic mass is 35.5.